The zero-order valence-electron chi connectivity index (χ0n) is 21.6. The van der Waals surface area contributed by atoms with Crippen molar-refractivity contribution in [3.8, 4) is 0 Å². The third-order valence-electron chi connectivity index (χ3n) is 7.91. The molecule has 12 heteroatoms. The first-order valence-corrected chi connectivity index (χ1v) is 14.9. The third-order valence-corrected chi connectivity index (χ3v) is 9.42. The summed E-state index contributed by atoms with van der Waals surface area (Å²) in [6.07, 6.45) is 8.11. The second-order valence-electron chi connectivity index (χ2n) is 10.5. The van der Waals surface area contributed by atoms with E-state index in [0.717, 1.165) is 37.9 Å². The molecule has 4 fully saturated rings. The average molecular weight is 551 g/mol. The molecule has 5 rings (SSSR count). The van der Waals surface area contributed by atoms with Crippen molar-refractivity contribution in [2.75, 3.05) is 45.3 Å². The summed E-state index contributed by atoms with van der Waals surface area (Å²) in [4.78, 5) is 49.9. The molecule has 38 heavy (non-hydrogen) atoms. The Morgan fingerprint density at radius 2 is 1.68 bits per heavy atom. The maximum atomic E-state index is 12.6. The molecule has 2 bridgehead atoms. The van der Waals surface area contributed by atoms with Crippen molar-refractivity contribution >= 4 is 35.5 Å². The average Bonchev–Trinajstić information content (AvgIpc) is 3.71. The summed E-state index contributed by atoms with van der Waals surface area (Å²) < 4.78 is 16.8. The fraction of sp³-hybridized carbons (Fsp3) is 0.769. The minimum Gasteiger partial charge on any atom is -0.381 e. The molecule has 5 aliphatic heterocycles. The van der Waals surface area contributed by atoms with Crippen LogP contribution in [0.4, 0.5) is 4.79 Å². The maximum Gasteiger partial charge on any atom is 0.315 e. The van der Waals surface area contributed by atoms with Crippen molar-refractivity contribution in [3.05, 3.63) is 12.2 Å². The van der Waals surface area contributed by atoms with Crippen LogP contribution >= 0.6 is 11.8 Å². The lowest BCUT2D eigenvalue weighted by atomic mass is 9.85. The third kappa shape index (κ3) is 6.19. The fourth-order valence-corrected chi connectivity index (χ4v) is 7.52. The van der Waals surface area contributed by atoms with E-state index in [1.54, 1.807) is 0 Å². The van der Waals surface area contributed by atoms with Crippen molar-refractivity contribution in [3.63, 3.8) is 0 Å². The zero-order chi connectivity index (χ0) is 26.5. The number of fused-ring (bicyclic) bond motifs is 6. The van der Waals surface area contributed by atoms with Crippen LogP contribution in [0.2, 0.25) is 0 Å². The van der Waals surface area contributed by atoms with Crippen molar-refractivity contribution in [2.24, 2.45) is 11.8 Å². The Labute approximate surface area is 227 Å². The molecule has 5 aliphatic rings. The molecule has 5 heterocycles. The van der Waals surface area contributed by atoms with Gasteiger partial charge in [-0.3, -0.25) is 19.3 Å². The van der Waals surface area contributed by atoms with Crippen molar-refractivity contribution in [1.82, 2.24) is 20.9 Å². The Balaban J connectivity index is 0.805. The second-order valence-corrected chi connectivity index (χ2v) is 11.8. The molecule has 210 valence electrons. The number of unbranched alkanes of at least 4 members (excludes halogenated alkanes) is 1. The molecule has 3 N–H and O–H groups in total. The molecule has 0 aromatic carbocycles. The number of imide groups is 1. The van der Waals surface area contributed by atoms with Gasteiger partial charge in [-0.1, -0.05) is 18.6 Å². The number of nitrogens with zero attached hydrogens (tertiary/aromatic N) is 1. The number of ether oxygens (including phenoxy) is 3. The molecule has 0 aromatic heterocycles. The Kier molecular flexibility index (Phi) is 9.24. The quantitative estimate of drug-likeness (QED) is 0.110. The highest BCUT2D eigenvalue weighted by molar-refractivity contribution is 8.00. The van der Waals surface area contributed by atoms with Crippen LogP contribution in [0, 0.1) is 11.8 Å². The van der Waals surface area contributed by atoms with Gasteiger partial charge in [0.05, 0.1) is 49.3 Å². The van der Waals surface area contributed by atoms with E-state index in [1.165, 1.54) is 4.90 Å². The van der Waals surface area contributed by atoms with E-state index in [0.29, 0.717) is 44.6 Å². The predicted octanol–water partition coefficient (Wildman–Crippen LogP) is 0.580. The summed E-state index contributed by atoms with van der Waals surface area (Å²) in [6.45, 7) is 2.82. The summed E-state index contributed by atoms with van der Waals surface area (Å²) in [5, 5.41) is 9.33. The number of urea groups is 1. The summed E-state index contributed by atoms with van der Waals surface area (Å²) in [6, 6.07) is 0.413. The molecular weight excluding hydrogens is 512 g/mol. The Morgan fingerprint density at radius 1 is 0.974 bits per heavy atom. The molecular formula is C26H38N4O7S. The van der Waals surface area contributed by atoms with Crippen molar-refractivity contribution in [1.29, 1.82) is 0 Å². The topological polar surface area (TPSA) is 135 Å². The summed E-state index contributed by atoms with van der Waals surface area (Å²) in [7, 11) is 0. The van der Waals surface area contributed by atoms with Gasteiger partial charge in [0, 0.05) is 43.8 Å². The van der Waals surface area contributed by atoms with Gasteiger partial charge in [-0.05, 0) is 25.7 Å². The van der Waals surface area contributed by atoms with Gasteiger partial charge >= 0.3 is 6.03 Å². The number of nitrogens with one attached hydrogen (secondary N) is 3. The van der Waals surface area contributed by atoms with Crippen molar-refractivity contribution in [2.45, 2.75) is 68.1 Å². The van der Waals surface area contributed by atoms with Crippen LogP contribution in [0.5, 0.6) is 0 Å². The summed E-state index contributed by atoms with van der Waals surface area (Å²) in [5.41, 5.74) is 0. The SMILES string of the molecule is O=C(CCCCC1SCC2NC(=O)NC21)NCCCOCCCOCCN1C(=O)[C@@H]2C3C=CC(O3)[C@@H]2C1=O. The van der Waals surface area contributed by atoms with E-state index in [9.17, 15) is 19.2 Å². The van der Waals surface area contributed by atoms with Gasteiger partial charge in [0.15, 0.2) is 0 Å². The van der Waals surface area contributed by atoms with E-state index in [-0.39, 0.29) is 66.4 Å². The number of likely N-dealkylation sites (tertiary alicyclic amines) is 1. The van der Waals surface area contributed by atoms with E-state index in [2.05, 4.69) is 16.0 Å². The molecule has 0 aliphatic carbocycles. The number of hydrogen-bond donors (Lipinski definition) is 3. The lowest BCUT2D eigenvalue weighted by molar-refractivity contribution is -0.143. The monoisotopic (exact) mass is 550 g/mol. The lowest BCUT2D eigenvalue weighted by Gasteiger charge is -2.17. The maximum absolute atomic E-state index is 12.6. The van der Waals surface area contributed by atoms with Gasteiger partial charge in [-0.25, -0.2) is 4.79 Å². The fourth-order valence-electron chi connectivity index (χ4n) is 5.97. The molecule has 5 unspecified atom stereocenters. The molecule has 4 saturated heterocycles. The second kappa shape index (κ2) is 12.8. The smallest absolute Gasteiger partial charge is 0.315 e. The van der Waals surface area contributed by atoms with Crippen molar-refractivity contribution < 1.29 is 33.4 Å². The zero-order valence-corrected chi connectivity index (χ0v) is 22.4. The van der Waals surface area contributed by atoms with E-state index in [1.807, 2.05) is 23.9 Å². The number of hydrogen-bond acceptors (Lipinski definition) is 8. The van der Waals surface area contributed by atoms with Gasteiger partial charge < -0.3 is 30.2 Å². The van der Waals surface area contributed by atoms with Gasteiger partial charge in [-0.2, -0.15) is 11.8 Å². The van der Waals surface area contributed by atoms with E-state index in [4.69, 9.17) is 14.2 Å². The Morgan fingerprint density at radius 3 is 2.45 bits per heavy atom. The molecule has 7 atom stereocenters. The van der Waals surface area contributed by atoms with Gasteiger partial charge in [0.25, 0.3) is 0 Å². The minimum absolute atomic E-state index is 0.0602. The minimum atomic E-state index is -0.360. The van der Waals surface area contributed by atoms with Crippen LogP contribution in [0.15, 0.2) is 12.2 Å². The van der Waals surface area contributed by atoms with Gasteiger partial charge in [0.1, 0.15) is 0 Å². The van der Waals surface area contributed by atoms with Crippen LogP contribution in [0.25, 0.3) is 0 Å². The van der Waals surface area contributed by atoms with Gasteiger partial charge in [0.2, 0.25) is 17.7 Å². The van der Waals surface area contributed by atoms with Crippen LogP contribution < -0.4 is 16.0 Å². The Hall–Kier alpha value is -2.15. The van der Waals surface area contributed by atoms with E-state index < -0.39 is 0 Å². The van der Waals surface area contributed by atoms with Crippen LogP contribution in [0.1, 0.15) is 38.5 Å². The number of carbonyl (C=O) groups is 4. The number of amides is 5. The number of thioether (sulfide) groups is 1. The first-order valence-electron chi connectivity index (χ1n) is 13.8. The van der Waals surface area contributed by atoms with Crippen LogP contribution in [0.3, 0.4) is 0 Å². The largest absolute Gasteiger partial charge is 0.381 e. The highest BCUT2D eigenvalue weighted by Crippen LogP contribution is 2.44. The lowest BCUT2D eigenvalue weighted by Crippen LogP contribution is -2.37. The standard InChI is InChI=1S/C26H38N4O7S/c31-20(6-2-1-5-19-23-16(15-38-19)28-26(34)29-23)27-9-3-11-35-12-4-13-36-14-10-30-24(32)21-17-7-8-18(37-17)22(21)25(30)33/h7-8,16-19,21-23H,1-6,9-15H2,(H,27,31)(H2,28,29,34)/t16?,17?,18?,19?,21-,22+,23?. The predicted molar refractivity (Wildman–Crippen MR) is 139 cm³/mol. The molecule has 0 aromatic rings. The molecule has 0 radical (unpaired) electrons. The van der Waals surface area contributed by atoms with E-state index >= 15 is 0 Å². The first-order chi connectivity index (χ1) is 18.5. The first kappa shape index (κ1) is 27.4. The van der Waals surface area contributed by atoms with Crippen LogP contribution in [-0.4, -0.2) is 103 Å². The number of carbonyl (C=O) groups excluding carboxylic acids is 4. The highest BCUT2D eigenvalue weighted by atomic mass is 32.2. The summed E-state index contributed by atoms with van der Waals surface area (Å²) in [5.74, 6) is 0.0244. The number of rotatable bonds is 16. The molecule has 0 saturated carbocycles. The Bertz CT molecular complexity index is 903. The van der Waals surface area contributed by atoms with Crippen LogP contribution in [-0.2, 0) is 28.6 Å². The van der Waals surface area contributed by atoms with Gasteiger partial charge in [-0.15, -0.1) is 0 Å². The molecule has 5 amide bonds. The molecule has 11 nitrogen and oxygen atoms in total. The summed E-state index contributed by atoms with van der Waals surface area (Å²) >= 11 is 1.90. The highest BCUT2D eigenvalue weighted by Gasteiger charge is 2.60. The molecule has 0 spiro atoms. The normalized spacial score (nSPS) is 32.6.